The van der Waals surface area contributed by atoms with E-state index in [0.29, 0.717) is 11.8 Å². The van der Waals surface area contributed by atoms with Crippen LogP contribution in [0, 0.1) is 0 Å². The molecule has 1 aliphatic rings. The maximum atomic E-state index is 9.69. The third-order valence-electron chi connectivity index (χ3n) is 3.85. The lowest BCUT2D eigenvalue weighted by molar-refractivity contribution is 0.153. The first-order chi connectivity index (χ1) is 10.2. The molecule has 1 atom stereocenters. The zero-order valence-electron chi connectivity index (χ0n) is 12.1. The molecule has 1 aromatic heterocycles. The summed E-state index contributed by atoms with van der Waals surface area (Å²) in [5.74, 6) is 0.309. The van der Waals surface area contributed by atoms with Crippen LogP contribution in [0.5, 0.6) is 5.75 Å². The van der Waals surface area contributed by atoms with Gasteiger partial charge in [0.25, 0.3) is 0 Å². The summed E-state index contributed by atoms with van der Waals surface area (Å²) in [6.45, 7) is 3.71. The summed E-state index contributed by atoms with van der Waals surface area (Å²) in [5, 5.41) is 13.1. The van der Waals surface area contributed by atoms with Crippen molar-refractivity contribution in [3.8, 4) is 5.75 Å². The minimum absolute atomic E-state index is 0. The predicted octanol–water partition coefficient (Wildman–Crippen LogP) is 3.12. The summed E-state index contributed by atoms with van der Waals surface area (Å²) in [5.41, 5.74) is 2.38. The molecule has 1 aromatic carbocycles. The van der Waals surface area contributed by atoms with Crippen LogP contribution in [0.25, 0.3) is 0 Å². The van der Waals surface area contributed by atoms with Gasteiger partial charge in [0.1, 0.15) is 5.75 Å². The number of nitrogens with zero attached hydrogens (tertiary/aromatic N) is 2. The molecule has 2 heterocycles. The van der Waals surface area contributed by atoms with Crippen LogP contribution in [0.1, 0.15) is 17.2 Å². The van der Waals surface area contributed by atoms with E-state index in [1.54, 1.807) is 6.07 Å². The highest BCUT2D eigenvalue weighted by molar-refractivity contribution is 9.10. The molecule has 1 unspecified atom stereocenters. The summed E-state index contributed by atoms with van der Waals surface area (Å²) in [4.78, 5) is 6.53. The molecular weight excluding hydrogens is 366 g/mol. The first-order valence-electron chi connectivity index (χ1n) is 7.06. The van der Waals surface area contributed by atoms with E-state index in [2.05, 4.69) is 43.3 Å². The second-order valence-corrected chi connectivity index (χ2v) is 6.10. The van der Waals surface area contributed by atoms with Crippen molar-refractivity contribution in [2.45, 2.75) is 12.6 Å². The van der Waals surface area contributed by atoms with Crippen LogP contribution >= 0.6 is 28.3 Å². The van der Waals surface area contributed by atoms with E-state index in [9.17, 15) is 5.11 Å². The highest BCUT2D eigenvalue weighted by Gasteiger charge is 2.24. The van der Waals surface area contributed by atoms with Crippen molar-refractivity contribution in [1.29, 1.82) is 0 Å². The molecule has 1 saturated heterocycles. The molecule has 118 valence electrons. The Morgan fingerprint density at radius 2 is 2.05 bits per heavy atom. The van der Waals surface area contributed by atoms with Crippen molar-refractivity contribution < 1.29 is 5.11 Å². The Bertz CT molecular complexity index is 612. The normalized spacial score (nSPS) is 18.7. The van der Waals surface area contributed by atoms with Crippen molar-refractivity contribution in [2.24, 2.45) is 0 Å². The SMILES string of the molecule is Cl.Oc1ccc(Br)c(CN2CCNCC2c2ccncc2)c1. The Kier molecular flexibility index (Phi) is 6.20. The van der Waals surface area contributed by atoms with Gasteiger partial charge in [0, 0.05) is 49.1 Å². The van der Waals surface area contributed by atoms with E-state index >= 15 is 0 Å². The maximum absolute atomic E-state index is 9.69. The standard InChI is InChI=1S/C16H18BrN3O.ClH/c17-15-2-1-14(21)9-13(15)11-20-8-7-19-10-16(20)12-3-5-18-6-4-12;/h1-6,9,16,19,21H,7-8,10-11H2;1H. The van der Waals surface area contributed by atoms with Crippen molar-refractivity contribution in [2.75, 3.05) is 19.6 Å². The molecule has 22 heavy (non-hydrogen) atoms. The number of halogens is 2. The molecule has 3 rings (SSSR count). The van der Waals surface area contributed by atoms with Crippen LogP contribution in [0.2, 0.25) is 0 Å². The van der Waals surface area contributed by atoms with Gasteiger partial charge in [0.05, 0.1) is 0 Å². The summed E-state index contributed by atoms with van der Waals surface area (Å²) in [6, 6.07) is 9.90. The van der Waals surface area contributed by atoms with Crippen molar-refractivity contribution in [1.82, 2.24) is 15.2 Å². The Morgan fingerprint density at radius 1 is 1.27 bits per heavy atom. The van der Waals surface area contributed by atoms with Gasteiger partial charge in [-0.05, 0) is 41.5 Å². The fourth-order valence-electron chi connectivity index (χ4n) is 2.75. The minimum Gasteiger partial charge on any atom is -0.508 e. The quantitative estimate of drug-likeness (QED) is 0.853. The molecular formula is C16H19BrClN3O. The number of pyridine rings is 1. The third kappa shape index (κ3) is 3.98. The number of nitrogens with one attached hydrogen (secondary N) is 1. The topological polar surface area (TPSA) is 48.4 Å². The number of benzene rings is 1. The second kappa shape index (κ2) is 7.92. The largest absolute Gasteiger partial charge is 0.508 e. The summed E-state index contributed by atoms with van der Waals surface area (Å²) in [7, 11) is 0. The fraction of sp³-hybridized carbons (Fsp3) is 0.312. The Labute approximate surface area is 145 Å². The molecule has 4 nitrogen and oxygen atoms in total. The number of hydrogen-bond acceptors (Lipinski definition) is 4. The van der Waals surface area contributed by atoms with Crippen LogP contribution in [-0.2, 0) is 6.54 Å². The lowest BCUT2D eigenvalue weighted by Gasteiger charge is -2.36. The molecule has 6 heteroatoms. The molecule has 0 aliphatic carbocycles. The molecule has 1 fully saturated rings. The van der Waals surface area contributed by atoms with Gasteiger partial charge in [-0.3, -0.25) is 9.88 Å². The first-order valence-corrected chi connectivity index (χ1v) is 7.85. The molecule has 0 amide bonds. The summed E-state index contributed by atoms with van der Waals surface area (Å²) in [6.07, 6.45) is 3.68. The molecule has 0 spiro atoms. The number of phenolic OH excluding ortho intramolecular Hbond substituents is 1. The predicted molar refractivity (Wildman–Crippen MR) is 93.3 cm³/mol. The second-order valence-electron chi connectivity index (χ2n) is 5.25. The number of phenols is 1. The minimum atomic E-state index is 0. The van der Waals surface area contributed by atoms with Gasteiger partial charge in [0.15, 0.2) is 0 Å². The molecule has 0 bridgehead atoms. The maximum Gasteiger partial charge on any atom is 0.115 e. The van der Waals surface area contributed by atoms with Crippen molar-refractivity contribution in [3.05, 3.63) is 58.3 Å². The Morgan fingerprint density at radius 3 is 2.82 bits per heavy atom. The lowest BCUT2D eigenvalue weighted by atomic mass is 10.0. The lowest BCUT2D eigenvalue weighted by Crippen LogP contribution is -2.45. The highest BCUT2D eigenvalue weighted by atomic mass is 79.9. The van der Waals surface area contributed by atoms with Gasteiger partial charge in [-0.25, -0.2) is 0 Å². The van der Waals surface area contributed by atoms with Crippen LogP contribution in [0.4, 0.5) is 0 Å². The number of hydrogen-bond donors (Lipinski definition) is 2. The summed E-state index contributed by atoms with van der Waals surface area (Å²) >= 11 is 3.57. The third-order valence-corrected chi connectivity index (χ3v) is 4.62. The van der Waals surface area contributed by atoms with E-state index in [1.807, 2.05) is 24.5 Å². The summed E-state index contributed by atoms with van der Waals surface area (Å²) < 4.78 is 1.03. The average molecular weight is 385 g/mol. The van der Waals surface area contributed by atoms with E-state index in [1.165, 1.54) is 5.56 Å². The van der Waals surface area contributed by atoms with Crippen LogP contribution in [0.3, 0.4) is 0 Å². The van der Waals surface area contributed by atoms with Gasteiger partial charge in [0.2, 0.25) is 0 Å². The number of aromatic nitrogens is 1. The molecule has 2 N–H and O–H groups in total. The monoisotopic (exact) mass is 383 g/mol. The van der Waals surface area contributed by atoms with Crippen LogP contribution < -0.4 is 5.32 Å². The van der Waals surface area contributed by atoms with Gasteiger partial charge in [-0.15, -0.1) is 12.4 Å². The molecule has 0 radical (unpaired) electrons. The first kappa shape index (κ1) is 17.2. The number of rotatable bonds is 3. The van der Waals surface area contributed by atoms with Crippen LogP contribution in [-0.4, -0.2) is 34.6 Å². The Balaban J connectivity index is 0.00000176. The van der Waals surface area contributed by atoms with E-state index in [4.69, 9.17) is 0 Å². The zero-order valence-corrected chi connectivity index (χ0v) is 14.5. The zero-order chi connectivity index (χ0) is 14.7. The fourth-order valence-corrected chi connectivity index (χ4v) is 3.12. The molecule has 2 aromatic rings. The van der Waals surface area contributed by atoms with Gasteiger partial charge in [-0.1, -0.05) is 15.9 Å². The smallest absolute Gasteiger partial charge is 0.115 e. The van der Waals surface area contributed by atoms with Gasteiger partial charge in [-0.2, -0.15) is 0 Å². The average Bonchev–Trinajstić information content (AvgIpc) is 2.52. The van der Waals surface area contributed by atoms with E-state index in [0.717, 1.165) is 36.2 Å². The highest BCUT2D eigenvalue weighted by Crippen LogP contribution is 2.28. The Hall–Kier alpha value is -1.14. The molecule has 1 aliphatic heterocycles. The van der Waals surface area contributed by atoms with Gasteiger partial charge >= 0.3 is 0 Å². The van der Waals surface area contributed by atoms with Crippen LogP contribution in [0.15, 0.2) is 47.2 Å². The number of piperazine rings is 1. The van der Waals surface area contributed by atoms with Gasteiger partial charge < -0.3 is 10.4 Å². The molecule has 0 saturated carbocycles. The van der Waals surface area contributed by atoms with Crippen molar-refractivity contribution in [3.63, 3.8) is 0 Å². The van der Waals surface area contributed by atoms with E-state index in [-0.39, 0.29) is 12.4 Å². The number of aromatic hydroxyl groups is 1. The van der Waals surface area contributed by atoms with E-state index < -0.39 is 0 Å². The van der Waals surface area contributed by atoms with Crippen molar-refractivity contribution >= 4 is 28.3 Å².